The lowest BCUT2D eigenvalue weighted by Gasteiger charge is -2.40. The Kier molecular flexibility index (Phi) is 32.0. The van der Waals surface area contributed by atoms with E-state index in [1.807, 2.05) is 0 Å². The molecule has 4 N–H and O–H groups in total. The van der Waals surface area contributed by atoms with Crippen molar-refractivity contribution < 1.29 is 56.8 Å². The maximum absolute atomic E-state index is 12.8. The number of hydrogen-bond acceptors (Lipinski definition) is 11. The molecule has 0 radical (unpaired) electrons. The van der Waals surface area contributed by atoms with E-state index in [9.17, 15) is 37.9 Å². The second-order valence-corrected chi connectivity index (χ2v) is 16.1. The van der Waals surface area contributed by atoms with Crippen LogP contribution in [-0.2, 0) is 38.7 Å². The van der Waals surface area contributed by atoms with E-state index in [1.54, 1.807) is 0 Å². The summed E-state index contributed by atoms with van der Waals surface area (Å²) in [7, 11) is -4.61. The van der Waals surface area contributed by atoms with Crippen molar-refractivity contribution in [3.05, 3.63) is 72.9 Å². The van der Waals surface area contributed by atoms with Gasteiger partial charge >= 0.3 is 11.9 Å². The first-order chi connectivity index (χ1) is 28.0. The van der Waals surface area contributed by atoms with Gasteiger partial charge in [-0.15, -0.1) is 0 Å². The third-order valence-corrected chi connectivity index (χ3v) is 10.0. The summed E-state index contributed by atoms with van der Waals surface area (Å²) in [6.07, 6.45) is 33.8. The predicted molar refractivity (Wildman–Crippen MR) is 228 cm³/mol. The van der Waals surface area contributed by atoms with Crippen LogP contribution in [-0.4, -0.2) is 96.0 Å². The van der Waals surface area contributed by atoms with Gasteiger partial charge in [0.2, 0.25) is 0 Å². The number of carbonyl (C=O) groups excluding carboxylic acids is 2. The molecule has 0 aromatic carbocycles. The average Bonchev–Trinajstić information content (AvgIpc) is 3.18. The summed E-state index contributed by atoms with van der Waals surface area (Å²) in [6, 6.07) is 0. The number of ether oxygens (including phenoxy) is 4. The number of allylic oxidation sites excluding steroid dienone is 12. The smallest absolute Gasteiger partial charge is 0.306 e. The van der Waals surface area contributed by atoms with Crippen molar-refractivity contribution in [2.24, 2.45) is 0 Å². The first kappa shape index (κ1) is 53.1. The minimum absolute atomic E-state index is 0.135. The van der Waals surface area contributed by atoms with Gasteiger partial charge in [-0.05, 0) is 83.5 Å². The van der Waals surface area contributed by atoms with Crippen LogP contribution in [0.1, 0.15) is 142 Å². The summed E-state index contributed by atoms with van der Waals surface area (Å²) in [5.41, 5.74) is 0. The molecule has 1 heterocycles. The van der Waals surface area contributed by atoms with Crippen LogP contribution in [0.5, 0.6) is 0 Å². The third kappa shape index (κ3) is 29.3. The van der Waals surface area contributed by atoms with Gasteiger partial charge in [0.05, 0.1) is 6.61 Å². The zero-order valence-corrected chi connectivity index (χ0v) is 35.9. The topological polar surface area (TPSA) is 186 Å². The number of aliphatic hydroxyl groups is 3. The summed E-state index contributed by atoms with van der Waals surface area (Å²) in [5.74, 6) is -2.07. The van der Waals surface area contributed by atoms with Crippen LogP contribution in [0.2, 0.25) is 0 Å². The summed E-state index contributed by atoms with van der Waals surface area (Å²) in [4.78, 5) is 25.3. The molecule has 1 aliphatic heterocycles. The van der Waals surface area contributed by atoms with E-state index >= 15 is 0 Å². The Balaban J connectivity index is 2.52. The summed E-state index contributed by atoms with van der Waals surface area (Å²) >= 11 is 0. The van der Waals surface area contributed by atoms with E-state index in [1.165, 1.54) is 19.3 Å². The van der Waals surface area contributed by atoms with Crippen molar-refractivity contribution in [3.8, 4) is 0 Å². The largest absolute Gasteiger partial charge is 0.462 e. The zero-order chi connectivity index (χ0) is 42.7. The van der Waals surface area contributed by atoms with Crippen LogP contribution >= 0.6 is 0 Å². The molecule has 58 heavy (non-hydrogen) atoms. The highest BCUT2D eigenvalue weighted by atomic mass is 32.2. The number of rotatable bonds is 34. The zero-order valence-electron chi connectivity index (χ0n) is 35.1. The molecule has 332 valence electrons. The molecule has 0 bridgehead atoms. The first-order valence-electron chi connectivity index (χ1n) is 21.5. The van der Waals surface area contributed by atoms with Crippen LogP contribution in [0.3, 0.4) is 0 Å². The van der Waals surface area contributed by atoms with Gasteiger partial charge in [0, 0.05) is 12.8 Å². The molecule has 1 saturated heterocycles. The van der Waals surface area contributed by atoms with Crippen LogP contribution in [0.25, 0.3) is 0 Å². The van der Waals surface area contributed by atoms with Gasteiger partial charge < -0.3 is 34.3 Å². The molecule has 12 nitrogen and oxygen atoms in total. The van der Waals surface area contributed by atoms with E-state index in [0.717, 1.165) is 83.5 Å². The van der Waals surface area contributed by atoms with Gasteiger partial charge in [-0.25, -0.2) is 0 Å². The lowest BCUT2D eigenvalue weighted by molar-refractivity contribution is -0.297. The predicted octanol–water partition coefficient (Wildman–Crippen LogP) is 8.33. The second kappa shape index (κ2) is 34.9. The van der Waals surface area contributed by atoms with Crippen molar-refractivity contribution >= 4 is 22.1 Å². The summed E-state index contributed by atoms with van der Waals surface area (Å²) in [5, 5.41) is 30.8. The molecular formula is C45H74O12S. The molecule has 0 amide bonds. The minimum atomic E-state index is -4.61. The molecule has 13 heteroatoms. The lowest BCUT2D eigenvalue weighted by Crippen LogP contribution is -2.60. The fourth-order valence-corrected chi connectivity index (χ4v) is 6.62. The lowest BCUT2D eigenvalue weighted by atomic mass is 10.00. The first-order valence-corrected chi connectivity index (χ1v) is 23.1. The highest BCUT2D eigenvalue weighted by molar-refractivity contribution is 7.85. The van der Waals surface area contributed by atoms with E-state index in [4.69, 9.17) is 18.9 Å². The Morgan fingerprint density at radius 2 is 1.09 bits per heavy atom. The Morgan fingerprint density at radius 1 is 0.603 bits per heavy atom. The van der Waals surface area contributed by atoms with Gasteiger partial charge in [-0.2, -0.15) is 8.42 Å². The fourth-order valence-electron chi connectivity index (χ4n) is 5.93. The Morgan fingerprint density at radius 3 is 1.66 bits per heavy atom. The maximum atomic E-state index is 12.8. The molecule has 0 saturated carbocycles. The highest BCUT2D eigenvalue weighted by Gasteiger charge is 2.46. The van der Waals surface area contributed by atoms with Crippen LogP contribution in [0.4, 0.5) is 0 Å². The van der Waals surface area contributed by atoms with E-state index in [2.05, 4.69) is 86.8 Å². The number of hydrogen-bond donors (Lipinski definition) is 4. The van der Waals surface area contributed by atoms with Gasteiger partial charge in [-0.3, -0.25) is 14.1 Å². The molecule has 6 atom stereocenters. The normalized spacial score (nSPS) is 21.1. The molecule has 0 aliphatic carbocycles. The molecule has 1 rings (SSSR count). The van der Waals surface area contributed by atoms with Crippen LogP contribution in [0.15, 0.2) is 72.9 Å². The molecule has 1 fully saturated rings. The molecule has 0 aromatic rings. The van der Waals surface area contributed by atoms with Crippen molar-refractivity contribution in [2.45, 2.75) is 179 Å². The van der Waals surface area contributed by atoms with Gasteiger partial charge in [0.1, 0.15) is 36.8 Å². The van der Waals surface area contributed by atoms with Crippen molar-refractivity contribution in [2.75, 3.05) is 19.0 Å². The van der Waals surface area contributed by atoms with E-state index in [-0.39, 0.29) is 19.4 Å². The van der Waals surface area contributed by atoms with Crippen LogP contribution < -0.4 is 0 Å². The Hall–Kier alpha value is -2.91. The summed E-state index contributed by atoms with van der Waals surface area (Å²) < 4.78 is 53.9. The van der Waals surface area contributed by atoms with Crippen molar-refractivity contribution in [1.82, 2.24) is 0 Å². The average molecular weight is 839 g/mol. The molecule has 2 unspecified atom stereocenters. The maximum Gasteiger partial charge on any atom is 0.306 e. The molecule has 0 aromatic heterocycles. The number of esters is 2. The van der Waals surface area contributed by atoms with Gasteiger partial charge in [0.25, 0.3) is 10.1 Å². The third-order valence-electron chi connectivity index (χ3n) is 9.27. The van der Waals surface area contributed by atoms with Crippen LogP contribution in [0, 0.1) is 0 Å². The van der Waals surface area contributed by atoms with Crippen molar-refractivity contribution in [3.63, 3.8) is 0 Å². The monoisotopic (exact) mass is 838 g/mol. The SMILES string of the molecule is CC/C=C/C/C=C/C/C=C/C/C=C/CCCCC(=O)OC[C@H](CO[C@H]1O[C@H](CS(=O)(=O)O)[C@@H](O)C(O)C1O)OC(=O)CCCCCCC/C=C/C/C=C/CCCCC. The van der Waals surface area contributed by atoms with E-state index in [0.29, 0.717) is 12.8 Å². The number of carbonyl (C=O) groups is 2. The standard InChI is InChI=1S/C45H74O12S/c1-3-5-7-9-11-13-15-17-19-21-23-25-27-29-31-33-40(46)54-35-38(36-55-45-44(50)43(49)42(48)39(57-45)37-58(51,52)53)56-41(47)34-32-30-28-26-24-22-20-18-16-14-12-10-8-6-4-2/h5,7,11-14,17-20,23,25,38-39,42-45,48-50H,3-4,6,8-10,15-16,21-22,24,26-37H2,1-2H3,(H,51,52,53)/b7-5+,13-11+,14-12+,19-17+,20-18+,25-23+/t38-,39-,42-,43?,44?,45+/m1/s1. The Labute approximate surface area is 348 Å². The van der Waals surface area contributed by atoms with Gasteiger partial charge in [-0.1, -0.05) is 119 Å². The van der Waals surface area contributed by atoms with E-state index < -0.39 is 71.2 Å². The Bertz CT molecular complexity index is 1350. The quantitative estimate of drug-likeness (QED) is 0.0210. The minimum Gasteiger partial charge on any atom is -0.462 e. The highest BCUT2D eigenvalue weighted by Crippen LogP contribution is 2.24. The number of unbranched alkanes of at least 4 members (excludes halogenated alkanes) is 10. The fraction of sp³-hybridized carbons (Fsp3) is 0.689. The van der Waals surface area contributed by atoms with Gasteiger partial charge in [0.15, 0.2) is 12.4 Å². The number of aliphatic hydroxyl groups excluding tert-OH is 3. The molecular weight excluding hydrogens is 765 g/mol. The second-order valence-electron chi connectivity index (χ2n) is 14.6. The molecule has 1 aliphatic rings. The summed E-state index contributed by atoms with van der Waals surface area (Å²) in [6.45, 7) is 3.55. The van der Waals surface area contributed by atoms with Crippen molar-refractivity contribution in [1.29, 1.82) is 0 Å². The molecule has 0 spiro atoms.